The summed E-state index contributed by atoms with van der Waals surface area (Å²) in [6.45, 7) is 1.64. The van der Waals surface area contributed by atoms with Crippen LogP contribution in [0.15, 0.2) is 29.4 Å². The molecule has 8 heteroatoms. The van der Waals surface area contributed by atoms with Crippen molar-refractivity contribution in [2.24, 2.45) is 11.7 Å². The summed E-state index contributed by atoms with van der Waals surface area (Å²) in [5.41, 5.74) is 5.61. The Hall–Kier alpha value is -0.400. The Bertz CT molecular complexity index is 470. The van der Waals surface area contributed by atoms with E-state index in [0.29, 0.717) is 19.6 Å². The van der Waals surface area contributed by atoms with Crippen LogP contribution in [0.3, 0.4) is 0 Å². The molecule has 2 rings (SSSR count). The summed E-state index contributed by atoms with van der Waals surface area (Å²) in [6.07, 6.45) is 4.84. The van der Waals surface area contributed by atoms with Gasteiger partial charge in [-0.2, -0.15) is 4.31 Å². The minimum Gasteiger partial charge on any atom is -0.330 e. The molecular weight excluding hydrogens is 309 g/mol. The number of hydrogen-bond donors (Lipinski definition) is 1. The van der Waals surface area contributed by atoms with E-state index in [-0.39, 0.29) is 35.6 Å². The Kier molecular flexibility index (Phi) is 7.85. The second-order valence-electron chi connectivity index (χ2n) is 4.30. The van der Waals surface area contributed by atoms with Crippen LogP contribution in [0, 0.1) is 5.92 Å². The lowest BCUT2D eigenvalue weighted by Gasteiger charge is -2.31. The molecule has 0 spiro atoms. The highest BCUT2D eigenvalue weighted by Gasteiger charge is 2.29. The van der Waals surface area contributed by atoms with E-state index in [1.54, 1.807) is 18.3 Å². The van der Waals surface area contributed by atoms with Crippen molar-refractivity contribution in [3.8, 4) is 0 Å². The highest BCUT2D eigenvalue weighted by Crippen LogP contribution is 2.22. The summed E-state index contributed by atoms with van der Waals surface area (Å²) >= 11 is 0. The molecule has 1 unspecified atom stereocenters. The van der Waals surface area contributed by atoms with Gasteiger partial charge in [0, 0.05) is 25.5 Å². The van der Waals surface area contributed by atoms with Crippen LogP contribution in [0.25, 0.3) is 0 Å². The molecule has 19 heavy (non-hydrogen) atoms. The van der Waals surface area contributed by atoms with Gasteiger partial charge in [-0.05, 0) is 37.4 Å². The molecule has 1 aliphatic rings. The number of halogens is 2. The molecule has 1 atom stereocenters. The normalized spacial score (nSPS) is 20.2. The standard InChI is InChI=1S/C11H17N3O2S.2ClH/c12-7-10-3-2-6-14(9-10)17(15,16)11-4-1-5-13-8-11;;/h1,4-5,8,10H,2-3,6-7,9,12H2;2*1H. The molecule has 0 amide bonds. The van der Waals surface area contributed by atoms with Crippen molar-refractivity contribution < 1.29 is 8.42 Å². The molecule has 1 aromatic rings. The number of nitrogens with zero attached hydrogens (tertiary/aromatic N) is 2. The van der Waals surface area contributed by atoms with Crippen LogP contribution < -0.4 is 5.73 Å². The molecule has 1 aromatic heterocycles. The van der Waals surface area contributed by atoms with Crippen LogP contribution in [0.2, 0.25) is 0 Å². The van der Waals surface area contributed by atoms with E-state index < -0.39 is 10.0 Å². The minimum atomic E-state index is -3.39. The first-order valence-corrected chi connectivity index (χ1v) is 7.19. The smallest absolute Gasteiger partial charge is 0.244 e. The first-order chi connectivity index (χ1) is 8.14. The van der Waals surface area contributed by atoms with Gasteiger partial charge in [-0.25, -0.2) is 8.42 Å². The topological polar surface area (TPSA) is 76.3 Å². The van der Waals surface area contributed by atoms with Gasteiger partial charge in [0.2, 0.25) is 10.0 Å². The number of aromatic nitrogens is 1. The Labute approximate surface area is 126 Å². The van der Waals surface area contributed by atoms with Crippen LogP contribution in [-0.2, 0) is 10.0 Å². The summed E-state index contributed by atoms with van der Waals surface area (Å²) < 4.78 is 26.1. The fourth-order valence-electron chi connectivity index (χ4n) is 2.09. The fraction of sp³-hybridized carbons (Fsp3) is 0.545. The summed E-state index contributed by atoms with van der Waals surface area (Å²) in [5.74, 6) is 0.273. The third-order valence-electron chi connectivity index (χ3n) is 3.09. The van der Waals surface area contributed by atoms with E-state index in [1.807, 2.05) is 0 Å². The van der Waals surface area contributed by atoms with Gasteiger partial charge in [-0.15, -0.1) is 24.8 Å². The van der Waals surface area contributed by atoms with Crippen LogP contribution in [-0.4, -0.2) is 37.3 Å². The van der Waals surface area contributed by atoms with Gasteiger partial charge in [0.1, 0.15) is 4.90 Å². The Morgan fingerprint density at radius 1 is 1.42 bits per heavy atom. The average molecular weight is 328 g/mol. The quantitative estimate of drug-likeness (QED) is 0.907. The first-order valence-electron chi connectivity index (χ1n) is 5.75. The van der Waals surface area contributed by atoms with Gasteiger partial charge in [-0.1, -0.05) is 0 Å². The van der Waals surface area contributed by atoms with E-state index in [0.717, 1.165) is 12.8 Å². The Morgan fingerprint density at radius 3 is 2.74 bits per heavy atom. The van der Waals surface area contributed by atoms with E-state index in [4.69, 9.17) is 5.73 Å². The summed E-state index contributed by atoms with van der Waals surface area (Å²) in [5, 5.41) is 0. The van der Waals surface area contributed by atoms with E-state index in [2.05, 4.69) is 4.98 Å². The second kappa shape index (κ2) is 8.01. The van der Waals surface area contributed by atoms with Crippen LogP contribution in [0.4, 0.5) is 0 Å². The summed E-state index contributed by atoms with van der Waals surface area (Å²) in [6, 6.07) is 3.21. The highest BCUT2D eigenvalue weighted by atomic mass is 35.5. The number of hydrogen-bond acceptors (Lipinski definition) is 4. The predicted octanol–water partition coefficient (Wildman–Crippen LogP) is 1.28. The van der Waals surface area contributed by atoms with E-state index in [1.165, 1.54) is 10.5 Å². The third-order valence-corrected chi connectivity index (χ3v) is 4.94. The molecule has 110 valence electrons. The summed E-state index contributed by atoms with van der Waals surface area (Å²) in [4.78, 5) is 4.12. The molecule has 2 N–H and O–H groups in total. The van der Waals surface area contributed by atoms with E-state index in [9.17, 15) is 8.42 Å². The molecule has 1 saturated heterocycles. The minimum absolute atomic E-state index is 0. The zero-order valence-electron chi connectivity index (χ0n) is 10.4. The maximum absolute atomic E-state index is 12.3. The lowest BCUT2D eigenvalue weighted by atomic mass is 10.0. The second-order valence-corrected chi connectivity index (χ2v) is 6.23. The first kappa shape index (κ1) is 18.6. The van der Waals surface area contributed by atoms with Crippen molar-refractivity contribution in [3.63, 3.8) is 0 Å². The number of sulfonamides is 1. The zero-order valence-corrected chi connectivity index (χ0v) is 12.9. The maximum atomic E-state index is 12.3. The molecule has 0 aromatic carbocycles. The highest BCUT2D eigenvalue weighted by molar-refractivity contribution is 7.89. The predicted molar refractivity (Wildman–Crippen MR) is 79.3 cm³/mol. The fourth-order valence-corrected chi connectivity index (χ4v) is 3.61. The van der Waals surface area contributed by atoms with Crippen molar-refractivity contribution in [3.05, 3.63) is 24.5 Å². The monoisotopic (exact) mass is 327 g/mol. The molecule has 0 saturated carbocycles. The number of nitrogens with two attached hydrogens (primary N) is 1. The van der Waals surface area contributed by atoms with Gasteiger partial charge >= 0.3 is 0 Å². The number of pyridine rings is 1. The molecule has 2 heterocycles. The molecule has 0 bridgehead atoms. The van der Waals surface area contributed by atoms with Crippen LogP contribution >= 0.6 is 24.8 Å². The van der Waals surface area contributed by atoms with Gasteiger partial charge in [0.15, 0.2) is 0 Å². The zero-order chi connectivity index (χ0) is 12.3. The molecule has 0 aliphatic carbocycles. The molecule has 1 fully saturated rings. The van der Waals surface area contributed by atoms with Crippen molar-refractivity contribution in [1.82, 2.24) is 9.29 Å². The Balaban J connectivity index is 0.00000162. The van der Waals surface area contributed by atoms with Crippen LogP contribution in [0.5, 0.6) is 0 Å². The molecule has 5 nitrogen and oxygen atoms in total. The van der Waals surface area contributed by atoms with Gasteiger partial charge in [-0.3, -0.25) is 4.98 Å². The average Bonchev–Trinajstić information content (AvgIpc) is 2.40. The SMILES string of the molecule is Cl.Cl.NCC1CCCN(S(=O)(=O)c2cccnc2)C1. The third kappa shape index (κ3) is 4.29. The van der Waals surface area contributed by atoms with Crippen molar-refractivity contribution >= 4 is 34.8 Å². The van der Waals surface area contributed by atoms with E-state index >= 15 is 0 Å². The molecular formula is C11H19Cl2N3O2S. The molecule has 0 radical (unpaired) electrons. The van der Waals surface area contributed by atoms with Gasteiger partial charge in [0.05, 0.1) is 0 Å². The maximum Gasteiger partial charge on any atom is 0.244 e. The lowest BCUT2D eigenvalue weighted by Crippen LogP contribution is -2.41. The molecule has 1 aliphatic heterocycles. The Morgan fingerprint density at radius 2 is 2.16 bits per heavy atom. The number of rotatable bonds is 3. The van der Waals surface area contributed by atoms with Crippen molar-refractivity contribution in [1.29, 1.82) is 0 Å². The van der Waals surface area contributed by atoms with Crippen molar-refractivity contribution in [2.75, 3.05) is 19.6 Å². The summed E-state index contributed by atoms with van der Waals surface area (Å²) in [7, 11) is -3.39. The van der Waals surface area contributed by atoms with Crippen molar-refractivity contribution in [2.45, 2.75) is 17.7 Å². The number of piperidine rings is 1. The van der Waals surface area contributed by atoms with Crippen LogP contribution in [0.1, 0.15) is 12.8 Å². The largest absolute Gasteiger partial charge is 0.330 e. The lowest BCUT2D eigenvalue weighted by molar-refractivity contribution is 0.271. The van der Waals surface area contributed by atoms with Gasteiger partial charge < -0.3 is 5.73 Å². The van der Waals surface area contributed by atoms with Gasteiger partial charge in [0.25, 0.3) is 0 Å².